The van der Waals surface area contributed by atoms with Crippen LogP contribution in [0, 0.1) is 6.92 Å². The van der Waals surface area contributed by atoms with Gasteiger partial charge < -0.3 is 4.74 Å². The number of rotatable bonds is 5. The predicted octanol–water partition coefficient (Wildman–Crippen LogP) is 2.82. The van der Waals surface area contributed by atoms with E-state index in [0.29, 0.717) is 6.61 Å². The number of benzene rings is 1. The van der Waals surface area contributed by atoms with Gasteiger partial charge in [-0.15, -0.1) is 11.8 Å². The summed E-state index contributed by atoms with van der Waals surface area (Å²) in [6, 6.07) is 8.15. The summed E-state index contributed by atoms with van der Waals surface area (Å²) >= 11 is 1.69. The summed E-state index contributed by atoms with van der Waals surface area (Å²) in [6.07, 6.45) is 1.18. The van der Waals surface area contributed by atoms with Crippen LogP contribution in [0.2, 0.25) is 0 Å². The molecule has 0 aliphatic heterocycles. The third kappa shape index (κ3) is 4.21. The van der Waals surface area contributed by atoms with Gasteiger partial charge in [0.05, 0.1) is 0 Å². The Kier molecular flexibility index (Phi) is 4.98. The van der Waals surface area contributed by atoms with Crippen LogP contribution in [0.1, 0.15) is 5.56 Å². The van der Waals surface area contributed by atoms with Crippen molar-refractivity contribution in [3.63, 3.8) is 0 Å². The molecule has 0 N–H and O–H groups in total. The standard InChI is InChI=1S/C12H14O2S/c1-3-12(13)14-8-9-15-11-7-5-4-6-10(11)2/h3-7H,1,8-9H2,2H3. The average molecular weight is 222 g/mol. The molecule has 2 nitrogen and oxygen atoms in total. The molecule has 0 unspecified atom stereocenters. The van der Waals surface area contributed by atoms with E-state index in [1.165, 1.54) is 16.5 Å². The first kappa shape index (κ1) is 11.9. The number of carbonyl (C=O) groups is 1. The van der Waals surface area contributed by atoms with Crippen LogP contribution in [-0.2, 0) is 9.53 Å². The zero-order valence-corrected chi connectivity index (χ0v) is 9.55. The fourth-order valence-corrected chi connectivity index (χ4v) is 1.93. The molecular formula is C12H14O2S. The Morgan fingerprint density at radius 2 is 2.27 bits per heavy atom. The second-order valence-corrected chi connectivity index (χ2v) is 4.12. The molecule has 0 aromatic heterocycles. The Morgan fingerprint density at radius 3 is 2.93 bits per heavy atom. The van der Waals surface area contributed by atoms with Gasteiger partial charge in [0.25, 0.3) is 0 Å². The Labute approximate surface area is 94.3 Å². The van der Waals surface area contributed by atoms with E-state index < -0.39 is 0 Å². The molecule has 15 heavy (non-hydrogen) atoms. The summed E-state index contributed by atoms with van der Waals surface area (Å²) in [5.74, 6) is 0.408. The molecule has 0 aliphatic rings. The molecule has 80 valence electrons. The maximum Gasteiger partial charge on any atom is 0.330 e. The lowest BCUT2D eigenvalue weighted by molar-refractivity contribution is -0.137. The first-order valence-electron chi connectivity index (χ1n) is 4.71. The van der Waals surface area contributed by atoms with Crippen LogP contribution in [0.5, 0.6) is 0 Å². The maximum atomic E-state index is 10.7. The molecule has 0 radical (unpaired) electrons. The minimum atomic E-state index is -0.361. The number of ether oxygens (including phenoxy) is 1. The highest BCUT2D eigenvalue weighted by molar-refractivity contribution is 7.99. The zero-order valence-electron chi connectivity index (χ0n) is 8.73. The number of esters is 1. The van der Waals surface area contributed by atoms with E-state index in [1.807, 2.05) is 12.1 Å². The molecule has 0 amide bonds. The van der Waals surface area contributed by atoms with Gasteiger partial charge in [0, 0.05) is 16.7 Å². The summed E-state index contributed by atoms with van der Waals surface area (Å²) in [6.45, 7) is 5.82. The van der Waals surface area contributed by atoms with Crippen molar-refractivity contribution < 1.29 is 9.53 Å². The summed E-state index contributed by atoms with van der Waals surface area (Å²) in [5.41, 5.74) is 1.25. The van der Waals surface area contributed by atoms with Gasteiger partial charge in [-0.1, -0.05) is 24.8 Å². The molecule has 0 bridgehead atoms. The highest BCUT2D eigenvalue weighted by Crippen LogP contribution is 2.21. The van der Waals surface area contributed by atoms with Crippen LogP contribution < -0.4 is 0 Å². The molecule has 0 heterocycles. The lowest BCUT2D eigenvalue weighted by atomic mass is 10.2. The van der Waals surface area contributed by atoms with Crippen LogP contribution in [0.3, 0.4) is 0 Å². The number of thioether (sulfide) groups is 1. The van der Waals surface area contributed by atoms with E-state index in [1.54, 1.807) is 11.8 Å². The Hall–Kier alpha value is -1.22. The summed E-state index contributed by atoms with van der Waals surface area (Å²) < 4.78 is 4.87. The summed E-state index contributed by atoms with van der Waals surface area (Å²) in [7, 11) is 0. The van der Waals surface area contributed by atoms with E-state index in [2.05, 4.69) is 25.6 Å². The van der Waals surface area contributed by atoms with Crippen molar-refractivity contribution in [1.29, 1.82) is 0 Å². The third-order valence-electron chi connectivity index (χ3n) is 1.85. The monoisotopic (exact) mass is 222 g/mol. The zero-order chi connectivity index (χ0) is 11.1. The topological polar surface area (TPSA) is 26.3 Å². The SMILES string of the molecule is C=CC(=O)OCCSc1ccccc1C. The van der Waals surface area contributed by atoms with Crippen LogP contribution >= 0.6 is 11.8 Å². The molecular weight excluding hydrogens is 208 g/mol. The minimum Gasteiger partial charge on any atom is -0.462 e. The second kappa shape index (κ2) is 6.30. The van der Waals surface area contributed by atoms with Crippen molar-refractivity contribution in [2.24, 2.45) is 0 Å². The fraction of sp³-hybridized carbons (Fsp3) is 0.250. The molecule has 3 heteroatoms. The first-order chi connectivity index (χ1) is 7.24. The fourth-order valence-electron chi connectivity index (χ4n) is 1.07. The van der Waals surface area contributed by atoms with Gasteiger partial charge in [-0.2, -0.15) is 0 Å². The van der Waals surface area contributed by atoms with Gasteiger partial charge in [0.1, 0.15) is 6.61 Å². The van der Waals surface area contributed by atoms with Crippen molar-refractivity contribution in [1.82, 2.24) is 0 Å². The van der Waals surface area contributed by atoms with Gasteiger partial charge in [0.2, 0.25) is 0 Å². The molecule has 1 aromatic carbocycles. The molecule has 1 rings (SSSR count). The van der Waals surface area contributed by atoms with E-state index in [9.17, 15) is 4.79 Å². The highest BCUT2D eigenvalue weighted by Gasteiger charge is 1.99. The van der Waals surface area contributed by atoms with Crippen LogP contribution in [0.15, 0.2) is 41.8 Å². The van der Waals surface area contributed by atoms with Crippen LogP contribution in [0.25, 0.3) is 0 Å². The van der Waals surface area contributed by atoms with Crippen molar-refractivity contribution in [3.8, 4) is 0 Å². The lowest BCUT2D eigenvalue weighted by Crippen LogP contribution is -2.03. The van der Waals surface area contributed by atoms with Gasteiger partial charge in [-0.05, 0) is 18.6 Å². The predicted molar refractivity (Wildman–Crippen MR) is 63.1 cm³/mol. The van der Waals surface area contributed by atoms with Crippen molar-refractivity contribution in [2.45, 2.75) is 11.8 Å². The molecule has 0 saturated heterocycles. The maximum absolute atomic E-state index is 10.7. The summed E-state index contributed by atoms with van der Waals surface area (Å²) in [5, 5.41) is 0. The van der Waals surface area contributed by atoms with Crippen molar-refractivity contribution in [2.75, 3.05) is 12.4 Å². The molecule has 0 saturated carbocycles. The van der Waals surface area contributed by atoms with E-state index >= 15 is 0 Å². The first-order valence-corrected chi connectivity index (χ1v) is 5.70. The molecule has 0 aliphatic carbocycles. The Balaban J connectivity index is 2.29. The number of hydrogen-bond donors (Lipinski definition) is 0. The quantitative estimate of drug-likeness (QED) is 0.332. The van der Waals surface area contributed by atoms with Crippen molar-refractivity contribution in [3.05, 3.63) is 42.5 Å². The van der Waals surface area contributed by atoms with Crippen LogP contribution in [-0.4, -0.2) is 18.3 Å². The van der Waals surface area contributed by atoms with Gasteiger partial charge in [-0.25, -0.2) is 4.79 Å². The average Bonchev–Trinajstić information content (AvgIpc) is 2.26. The lowest BCUT2D eigenvalue weighted by Gasteiger charge is -2.04. The minimum absolute atomic E-state index is 0.361. The highest BCUT2D eigenvalue weighted by atomic mass is 32.2. The van der Waals surface area contributed by atoms with E-state index in [4.69, 9.17) is 4.74 Å². The van der Waals surface area contributed by atoms with Crippen LogP contribution in [0.4, 0.5) is 0 Å². The number of hydrogen-bond acceptors (Lipinski definition) is 3. The van der Waals surface area contributed by atoms with E-state index in [-0.39, 0.29) is 5.97 Å². The molecule has 0 atom stereocenters. The molecule has 0 spiro atoms. The van der Waals surface area contributed by atoms with E-state index in [0.717, 1.165) is 5.75 Å². The largest absolute Gasteiger partial charge is 0.462 e. The normalized spacial score (nSPS) is 9.67. The Morgan fingerprint density at radius 1 is 1.53 bits per heavy atom. The van der Waals surface area contributed by atoms with Gasteiger partial charge >= 0.3 is 5.97 Å². The summed E-state index contributed by atoms with van der Waals surface area (Å²) in [4.78, 5) is 12.0. The number of aryl methyl sites for hydroxylation is 1. The second-order valence-electron chi connectivity index (χ2n) is 2.99. The molecule has 0 fully saturated rings. The Bertz CT molecular complexity index is 347. The molecule has 1 aromatic rings. The third-order valence-corrected chi connectivity index (χ3v) is 2.99. The van der Waals surface area contributed by atoms with Crippen molar-refractivity contribution >= 4 is 17.7 Å². The van der Waals surface area contributed by atoms with Gasteiger partial charge in [0.15, 0.2) is 0 Å². The number of carbonyl (C=O) groups excluding carboxylic acids is 1. The smallest absolute Gasteiger partial charge is 0.330 e. The van der Waals surface area contributed by atoms with Gasteiger partial charge in [-0.3, -0.25) is 0 Å².